The van der Waals surface area contributed by atoms with Gasteiger partial charge in [-0.25, -0.2) is 22.4 Å². The van der Waals surface area contributed by atoms with E-state index >= 15 is 0 Å². The van der Waals surface area contributed by atoms with E-state index in [0.29, 0.717) is 5.39 Å². The number of amides is 1. The summed E-state index contributed by atoms with van der Waals surface area (Å²) in [5.74, 6) is -1.22. The van der Waals surface area contributed by atoms with Gasteiger partial charge in [0, 0.05) is 11.9 Å². The fourth-order valence-corrected chi connectivity index (χ4v) is 5.24. The summed E-state index contributed by atoms with van der Waals surface area (Å²) >= 11 is 12.7. The van der Waals surface area contributed by atoms with E-state index in [9.17, 15) is 18.0 Å². The molecule has 10 nitrogen and oxygen atoms in total. The number of fused-ring (bicyclic) bond motifs is 1. The predicted molar refractivity (Wildman–Crippen MR) is 138 cm³/mol. The van der Waals surface area contributed by atoms with E-state index in [2.05, 4.69) is 15.3 Å². The van der Waals surface area contributed by atoms with Crippen LogP contribution in [0.1, 0.15) is 18.9 Å². The first kappa shape index (κ1) is 26.4. The second-order valence-electron chi connectivity index (χ2n) is 7.75. The number of aryl methyl sites for hydroxylation is 1. The summed E-state index contributed by atoms with van der Waals surface area (Å²) in [7, 11) is -3.93. The fraction of sp³-hybridized carbons (Fsp3) is 0.167. The van der Waals surface area contributed by atoms with Gasteiger partial charge in [-0.1, -0.05) is 40.9 Å². The van der Waals surface area contributed by atoms with Crippen LogP contribution in [0, 0.1) is 6.92 Å². The lowest BCUT2D eigenvalue weighted by Gasteiger charge is -2.12. The molecule has 2 heterocycles. The largest absolute Gasteiger partial charge is 0.466 e. The van der Waals surface area contributed by atoms with Crippen molar-refractivity contribution in [2.45, 2.75) is 25.2 Å². The Morgan fingerprint density at radius 2 is 1.73 bits per heavy atom. The average Bonchev–Trinajstić information content (AvgIpc) is 3.27. The fourth-order valence-electron chi connectivity index (χ4n) is 3.38. The van der Waals surface area contributed by atoms with Crippen molar-refractivity contribution in [1.82, 2.24) is 13.9 Å². The lowest BCUT2D eigenvalue weighted by Crippen LogP contribution is -2.18. The van der Waals surface area contributed by atoms with Gasteiger partial charge in [0.05, 0.1) is 26.9 Å². The molecular weight excluding hydrogens is 543 g/mol. The Morgan fingerprint density at radius 3 is 2.38 bits per heavy atom. The molecule has 192 valence electrons. The number of nitrogens with one attached hydrogen (secondary N) is 1. The van der Waals surface area contributed by atoms with E-state index in [0.717, 1.165) is 15.9 Å². The molecule has 1 N–H and O–H groups in total. The number of aromatic nitrogens is 3. The van der Waals surface area contributed by atoms with Gasteiger partial charge in [0.25, 0.3) is 10.0 Å². The van der Waals surface area contributed by atoms with Gasteiger partial charge in [0.1, 0.15) is 12.7 Å². The molecule has 0 fully saturated rings. The van der Waals surface area contributed by atoms with Crippen LogP contribution in [0.25, 0.3) is 11.0 Å². The van der Waals surface area contributed by atoms with Crippen molar-refractivity contribution in [2.24, 2.45) is 0 Å². The molecule has 2 aromatic carbocycles. The maximum absolute atomic E-state index is 13.2. The molecule has 0 bridgehead atoms. The van der Waals surface area contributed by atoms with Crippen LogP contribution in [0.15, 0.2) is 59.9 Å². The van der Waals surface area contributed by atoms with E-state index in [1.54, 1.807) is 19.1 Å². The molecule has 4 rings (SSSR count). The minimum absolute atomic E-state index is 0.0192. The molecule has 0 spiro atoms. The number of anilines is 1. The van der Waals surface area contributed by atoms with Crippen LogP contribution in [-0.2, 0) is 24.3 Å². The molecule has 1 amide bonds. The lowest BCUT2D eigenvalue weighted by molar-refractivity contribution is -0.145. The van der Waals surface area contributed by atoms with Gasteiger partial charge in [0.15, 0.2) is 11.4 Å². The lowest BCUT2D eigenvalue weighted by atomic mass is 10.2. The minimum atomic E-state index is -3.93. The molecule has 0 radical (unpaired) electrons. The van der Waals surface area contributed by atoms with Crippen LogP contribution >= 0.6 is 23.2 Å². The van der Waals surface area contributed by atoms with Gasteiger partial charge < -0.3 is 14.8 Å². The Labute approximate surface area is 222 Å². The number of rotatable bonds is 8. The van der Waals surface area contributed by atoms with Crippen LogP contribution in [0.2, 0.25) is 10.0 Å². The Morgan fingerprint density at radius 1 is 1.05 bits per heavy atom. The van der Waals surface area contributed by atoms with Crippen molar-refractivity contribution < 1.29 is 27.5 Å². The van der Waals surface area contributed by atoms with E-state index in [4.69, 9.17) is 32.7 Å². The molecule has 13 heteroatoms. The molecular formula is C24H20Cl2N4O6S. The van der Waals surface area contributed by atoms with Crippen molar-refractivity contribution in [2.75, 3.05) is 11.9 Å². The summed E-state index contributed by atoms with van der Waals surface area (Å²) in [4.78, 5) is 31.9. The maximum atomic E-state index is 13.2. The monoisotopic (exact) mass is 562 g/mol. The van der Waals surface area contributed by atoms with Crippen molar-refractivity contribution >= 4 is 61.8 Å². The van der Waals surface area contributed by atoms with Crippen molar-refractivity contribution in [3.63, 3.8) is 0 Å². The quantitative estimate of drug-likeness (QED) is 0.235. The van der Waals surface area contributed by atoms with Gasteiger partial charge in [-0.3, -0.25) is 9.59 Å². The number of esters is 1. The van der Waals surface area contributed by atoms with Gasteiger partial charge >= 0.3 is 5.97 Å². The number of nitrogens with zero attached hydrogens (tertiary/aromatic N) is 3. The highest BCUT2D eigenvalue weighted by Crippen LogP contribution is 2.40. The van der Waals surface area contributed by atoms with Gasteiger partial charge in [-0.2, -0.15) is 0 Å². The third kappa shape index (κ3) is 5.68. The summed E-state index contributed by atoms with van der Waals surface area (Å²) < 4.78 is 38.0. The highest BCUT2D eigenvalue weighted by molar-refractivity contribution is 7.90. The summed E-state index contributed by atoms with van der Waals surface area (Å²) in [6, 6.07) is 10.7. The maximum Gasteiger partial charge on any atom is 0.315 e. The molecule has 37 heavy (non-hydrogen) atoms. The van der Waals surface area contributed by atoms with E-state index in [1.807, 2.05) is 6.92 Å². The van der Waals surface area contributed by atoms with Crippen LogP contribution < -0.4 is 10.1 Å². The zero-order chi connectivity index (χ0) is 26.7. The minimum Gasteiger partial charge on any atom is -0.466 e. The molecule has 4 aromatic rings. The van der Waals surface area contributed by atoms with Crippen molar-refractivity contribution in [3.05, 3.63) is 70.6 Å². The Balaban J connectivity index is 1.61. The predicted octanol–water partition coefficient (Wildman–Crippen LogP) is 4.97. The highest BCUT2D eigenvalue weighted by Gasteiger charge is 2.22. The van der Waals surface area contributed by atoms with E-state index in [-0.39, 0.29) is 44.5 Å². The summed E-state index contributed by atoms with van der Waals surface area (Å²) in [5.41, 5.74) is 1.26. The van der Waals surface area contributed by atoms with Crippen LogP contribution in [0.3, 0.4) is 0 Å². The average molecular weight is 563 g/mol. The number of hydrogen-bond acceptors (Lipinski definition) is 8. The Bertz CT molecular complexity index is 1580. The number of halogens is 2. The van der Waals surface area contributed by atoms with Crippen LogP contribution in [0.4, 0.5) is 5.69 Å². The zero-order valence-corrected chi connectivity index (χ0v) is 21.9. The van der Waals surface area contributed by atoms with Crippen LogP contribution in [-0.4, -0.2) is 40.8 Å². The van der Waals surface area contributed by atoms with Gasteiger partial charge in [0.2, 0.25) is 11.8 Å². The molecule has 0 saturated carbocycles. The molecule has 0 aliphatic heterocycles. The number of benzene rings is 2. The first-order valence-electron chi connectivity index (χ1n) is 10.9. The zero-order valence-electron chi connectivity index (χ0n) is 19.6. The molecule has 0 aliphatic carbocycles. The normalized spacial score (nSPS) is 11.4. The van der Waals surface area contributed by atoms with Crippen molar-refractivity contribution in [3.8, 4) is 11.6 Å². The molecule has 0 aliphatic rings. The van der Waals surface area contributed by atoms with Gasteiger partial charge in [-0.05, 0) is 44.2 Å². The van der Waals surface area contributed by atoms with E-state index < -0.39 is 28.3 Å². The smallest absolute Gasteiger partial charge is 0.315 e. The molecule has 0 saturated heterocycles. The topological polar surface area (TPSA) is 129 Å². The summed E-state index contributed by atoms with van der Waals surface area (Å²) in [6.07, 6.45) is 2.04. The number of hydrogen-bond donors (Lipinski definition) is 1. The Kier molecular flexibility index (Phi) is 7.67. The number of ether oxygens (including phenoxy) is 2. The summed E-state index contributed by atoms with van der Waals surface area (Å²) in [6.45, 7) is 3.66. The molecule has 2 aromatic heterocycles. The number of carbonyl (C=O) groups is 2. The summed E-state index contributed by atoms with van der Waals surface area (Å²) in [5, 5.41) is 2.89. The SMILES string of the molecule is CCOC(=O)CC(=O)Nc1cc(Cl)c(Oc2ncnc3c2ccn3S(=O)(=O)c2ccc(C)cc2)c(Cl)c1. The van der Waals surface area contributed by atoms with Gasteiger partial charge in [-0.15, -0.1) is 0 Å². The first-order chi connectivity index (χ1) is 17.6. The standard InChI is InChI=1S/C24H20Cl2N4O6S/c1-3-35-21(32)12-20(31)29-15-10-18(25)22(19(26)11-15)36-24-17-8-9-30(23(17)27-13-28-24)37(33,34)16-6-4-14(2)5-7-16/h4-11,13H,3,12H2,1-2H3,(H,29,31). The molecule has 0 unspecified atom stereocenters. The van der Waals surface area contributed by atoms with Crippen LogP contribution in [0.5, 0.6) is 11.6 Å². The van der Waals surface area contributed by atoms with Crippen molar-refractivity contribution in [1.29, 1.82) is 0 Å². The Hall–Kier alpha value is -3.67. The third-order valence-electron chi connectivity index (χ3n) is 5.08. The number of carbonyl (C=O) groups excluding carboxylic acids is 2. The second-order valence-corrected chi connectivity index (χ2v) is 10.4. The first-order valence-corrected chi connectivity index (χ1v) is 13.1. The second kappa shape index (κ2) is 10.8. The highest BCUT2D eigenvalue weighted by atomic mass is 35.5. The van der Waals surface area contributed by atoms with E-state index in [1.165, 1.54) is 36.5 Å². The molecule has 0 atom stereocenters. The third-order valence-corrected chi connectivity index (χ3v) is 7.32.